The molecule has 0 aliphatic rings. The molecule has 0 unspecified atom stereocenters. The largest absolute Gasteiger partial charge is 0.456 e. The summed E-state index contributed by atoms with van der Waals surface area (Å²) in [6, 6.07) is 8.72. The molecule has 5 nitrogen and oxygen atoms in total. The Morgan fingerprint density at radius 2 is 1.78 bits per heavy atom. The number of ether oxygens (including phenoxy) is 1. The van der Waals surface area contributed by atoms with Gasteiger partial charge in [-0.25, -0.2) is 0 Å². The van der Waals surface area contributed by atoms with Crippen molar-refractivity contribution in [1.29, 1.82) is 0 Å². The number of likely N-dealkylation sites (N-methyl/N-ethyl adjacent to an activating group) is 1. The van der Waals surface area contributed by atoms with Gasteiger partial charge in [0.2, 0.25) is 0 Å². The Balaban J connectivity index is 2.31. The molecule has 1 amide bonds. The second-order valence-corrected chi connectivity index (χ2v) is 3.62. The van der Waals surface area contributed by atoms with Gasteiger partial charge in [-0.15, -0.1) is 0 Å². The molecule has 5 heteroatoms. The van der Waals surface area contributed by atoms with Gasteiger partial charge in [-0.05, 0) is 0 Å². The molecule has 1 rings (SSSR count). The monoisotopic (exact) mass is 249 g/mol. The van der Waals surface area contributed by atoms with Crippen molar-refractivity contribution in [1.82, 2.24) is 5.32 Å². The Kier molecular flexibility index (Phi) is 5.57. The first-order valence-electron chi connectivity index (χ1n) is 5.58. The van der Waals surface area contributed by atoms with Gasteiger partial charge in [0.05, 0.1) is 6.42 Å². The average Bonchev–Trinajstić information content (AvgIpc) is 2.42. The second kappa shape index (κ2) is 7.21. The highest BCUT2D eigenvalue weighted by Crippen LogP contribution is 2.05. The van der Waals surface area contributed by atoms with Crippen molar-refractivity contribution in [3.8, 4) is 0 Å². The third-order valence-electron chi connectivity index (χ3n) is 2.30. The standard InChI is InChI=1S/C13H15NO4/c1-14-12(16)9-18-13(17)8-7-11(15)10-5-3-2-4-6-10/h2-6H,7-9H2,1H3,(H,14,16). The number of nitrogens with one attached hydrogen (secondary N) is 1. The van der Waals surface area contributed by atoms with Gasteiger partial charge >= 0.3 is 5.97 Å². The van der Waals surface area contributed by atoms with E-state index >= 15 is 0 Å². The third-order valence-corrected chi connectivity index (χ3v) is 2.30. The predicted octanol–water partition coefficient (Wildman–Crippen LogP) is 0.939. The van der Waals surface area contributed by atoms with E-state index in [1.165, 1.54) is 7.05 Å². The van der Waals surface area contributed by atoms with Gasteiger partial charge in [-0.2, -0.15) is 0 Å². The summed E-state index contributed by atoms with van der Waals surface area (Å²) in [4.78, 5) is 33.7. The lowest BCUT2D eigenvalue weighted by molar-refractivity contribution is -0.148. The highest BCUT2D eigenvalue weighted by atomic mass is 16.5. The van der Waals surface area contributed by atoms with E-state index in [1.807, 2.05) is 6.07 Å². The van der Waals surface area contributed by atoms with Crippen LogP contribution in [0.25, 0.3) is 0 Å². The minimum Gasteiger partial charge on any atom is -0.456 e. The third kappa shape index (κ3) is 4.78. The maximum absolute atomic E-state index is 11.7. The molecule has 96 valence electrons. The highest BCUT2D eigenvalue weighted by Gasteiger charge is 2.10. The van der Waals surface area contributed by atoms with E-state index in [2.05, 4.69) is 10.1 Å². The lowest BCUT2D eigenvalue weighted by atomic mass is 10.1. The van der Waals surface area contributed by atoms with Crippen LogP contribution in [0.5, 0.6) is 0 Å². The first kappa shape index (κ1) is 13.9. The Morgan fingerprint density at radius 1 is 1.11 bits per heavy atom. The van der Waals surface area contributed by atoms with Crippen LogP contribution in [0.4, 0.5) is 0 Å². The van der Waals surface area contributed by atoms with E-state index in [-0.39, 0.29) is 31.1 Å². The molecule has 18 heavy (non-hydrogen) atoms. The number of Topliss-reactive ketones (excluding diaryl/α,β-unsaturated/α-hetero) is 1. The topological polar surface area (TPSA) is 72.5 Å². The number of amides is 1. The molecule has 0 saturated carbocycles. The van der Waals surface area contributed by atoms with E-state index in [0.717, 1.165) is 0 Å². The van der Waals surface area contributed by atoms with Crippen molar-refractivity contribution in [2.24, 2.45) is 0 Å². The Morgan fingerprint density at radius 3 is 2.39 bits per heavy atom. The smallest absolute Gasteiger partial charge is 0.306 e. The zero-order chi connectivity index (χ0) is 13.4. The van der Waals surface area contributed by atoms with Gasteiger partial charge in [-0.1, -0.05) is 30.3 Å². The lowest BCUT2D eigenvalue weighted by Crippen LogP contribution is -2.25. The molecule has 0 atom stereocenters. The van der Waals surface area contributed by atoms with Gasteiger partial charge in [-0.3, -0.25) is 14.4 Å². The van der Waals surface area contributed by atoms with E-state index < -0.39 is 5.97 Å². The van der Waals surface area contributed by atoms with E-state index in [0.29, 0.717) is 5.56 Å². The second-order valence-electron chi connectivity index (χ2n) is 3.62. The van der Waals surface area contributed by atoms with Crippen LogP contribution in [0.15, 0.2) is 30.3 Å². The molecular formula is C13H15NO4. The molecule has 0 saturated heterocycles. The number of hydrogen-bond acceptors (Lipinski definition) is 4. The van der Waals surface area contributed by atoms with Crippen LogP contribution < -0.4 is 5.32 Å². The maximum Gasteiger partial charge on any atom is 0.306 e. The molecule has 0 heterocycles. The molecule has 0 bridgehead atoms. The molecule has 0 aromatic heterocycles. The number of esters is 1. The molecule has 0 fully saturated rings. The average molecular weight is 249 g/mol. The van der Waals surface area contributed by atoms with Crippen molar-refractivity contribution >= 4 is 17.7 Å². The van der Waals surface area contributed by atoms with Gasteiger partial charge in [0.25, 0.3) is 5.91 Å². The van der Waals surface area contributed by atoms with Crippen LogP contribution in [0.2, 0.25) is 0 Å². The van der Waals surface area contributed by atoms with E-state index in [9.17, 15) is 14.4 Å². The lowest BCUT2D eigenvalue weighted by Gasteiger charge is -2.03. The predicted molar refractivity (Wildman–Crippen MR) is 65.0 cm³/mol. The molecule has 0 aliphatic carbocycles. The Labute approximate surface area is 105 Å². The van der Waals surface area contributed by atoms with E-state index in [4.69, 9.17) is 0 Å². The fraction of sp³-hybridized carbons (Fsp3) is 0.308. The summed E-state index contributed by atoms with van der Waals surface area (Å²) in [6.45, 7) is -0.311. The molecular weight excluding hydrogens is 234 g/mol. The number of carbonyl (C=O) groups excluding carboxylic acids is 3. The summed E-state index contributed by atoms with van der Waals surface area (Å²) >= 11 is 0. The molecule has 0 spiro atoms. The molecule has 0 radical (unpaired) electrons. The van der Waals surface area contributed by atoms with Crippen LogP contribution in [-0.2, 0) is 14.3 Å². The first-order valence-corrected chi connectivity index (χ1v) is 5.58. The summed E-state index contributed by atoms with van der Waals surface area (Å²) in [5.74, 6) is -1.05. The van der Waals surface area contributed by atoms with Crippen LogP contribution in [-0.4, -0.2) is 31.3 Å². The van der Waals surface area contributed by atoms with Gasteiger partial charge in [0.1, 0.15) is 0 Å². The number of carbonyl (C=O) groups is 3. The van der Waals surface area contributed by atoms with Crippen LogP contribution >= 0.6 is 0 Å². The number of rotatable bonds is 6. The quantitative estimate of drug-likeness (QED) is 0.601. The first-order chi connectivity index (χ1) is 8.63. The summed E-state index contributed by atoms with van der Waals surface area (Å²) in [6.07, 6.45) is 0.0569. The number of ketones is 1. The van der Waals surface area contributed by atoms with Crippen molar-refractivity contribution in [3.63, 3.8) is 0 Å². The van der Waals surface area contributed by atoms with Crippen LogP contribution in [0, 0.1) is 0 Å². The van der Waals surface area contributed by atoms with Gasteiger partial charge < -0.3 is 10.1 Å². The summed E-state index contributed by atoms with van der Waals surface area (Å²) in [5.41, 5.74) is 0.566. The van der Waals surface area contributed by atoms with Gasteiger partial charge in [0.15, 0.2) is 12.4 Å². The van der Waals surface area contributed by atoms with Gasteiger partial charge in [0, 0.05) is 19.0 Å². The molecule has 0 aliphatic heterocycles. The summed E-state index contributed by atoms with van der Waals surface area (Å²) in [5, 5.41) is 2.33. The summed E-state index contributed by atoms with van der Waals surface area (Å²) < 4.78 is 4.68. The Hall–Kier alpha value is -2.17. The minimum absolute atomic E-state index is 0.0231. The van der Waals surface area contributed by atoms with Crippen molar-refractivity contribution in [2.45, 2.75) is 12.8 Å². The SMILES string of the molecule is CNC(=O)COC(=O)CCC(=O)c1ccccc1. The highest BCUT2D eigenvalue weighted by molar-refractivity contribution is 5.97. The van der Waals surface area contributed by atoms with Crippen molar-refractivity contribution < 1.29 is 19.1 Å². The van der Waals surface area contributed by atoms with Crippen LogP contribution in [0.3, 0.4) is 0 Å². The number of benzene rings is 1. The molecule has 1 aromatic carbocycles. The number of hydrogen-bond donors (Lipinski definition) is 1. The van der Waals surface area contributed by atoms with E-state index in [1.54, 1.807) is 24.3 Å². The summed E-state index contributed by atoms with van der Waals surface area (Å²) in [7, 11) is 1.45. The van der Waals surface area contributed by atoms with Crippen molar-refractivity contribution in [3.05, 3.63) is 35.9 Å². The normalized spacial score (nSPS) is 9.61. The zero-order valence-electron chi connectivity index (χ0n) is 10.1. The zero-order valence-corrected chi connectivity index (χ0v) is 10.1. The maximum atomic E-state index is 11.7. The fourth-order valence-electron chi connectivity index (χ4n) is 1.27. The van der Waals surface area contributed by atoms with Crippen molar-refractivity contribution in [2.75, 3.05) is 13.7 Å². The van der Waals surface area contributed by atoms with Crippen LogP contribution in [0.1, 0.15) is 23.2 Å². The minimum atomic E-state index is -0.553. The molecule has 1 N–H and O–H groups in total. The Bertz CT molecular complexity index is 428. The molecule has 1 aromatic rings. The fourth-order valence-corrected chi connectivity index (χ4v) is 1.27.